The van der Waals surface area contributed by atoms with Gasteiger partial charge in [-0.25, -0.2) is 9.18 Å². The van der Waals surface area contributed by atoms with Crippen LogP contribution in [0.1, 0.15) is 5.56 Å². The third-order valence-electron chi connectivity index (χ3n) is 2.63. The molecule has 0 fully saturated rings. The van der Waals surface area contributed by atoms with Crippen molar-refractivity contribution in [3.8, 4) is 0 Å². The smallest absolute Gasteiger partial charge is 0.302 e. The molecule has 0 amide bonds. The number of rotatable bonds is 2. The molecule has 0 aliphatic rings. The maximum Gasteiger partial charge on any atom is 0.331 e. The van der Waals surface area contributed by atoms with Gasteiger partial charge >= 0.3 is 5.69 Å². The fraction of sp³-hybridized carbons (Fsp3) is 0.167. The summed E-state index contributed by atoms with van der Waals surface area (Å²) in [5, 5.41) is 0.314. The monoisotopic (exact) mass is 394 g/mol. The minimum atomic E-state index is -0.467. The van der Waals surface area contributed by atoms with E-state index in [0.29, 0.717) is 14.2 Å². The SMILES string of the molecule is Cn1cc(I)c(=O)n(Cc2cc(F)ccc2Cl)c1=O. The second kappa shape index (κ2) is 5.46. The first-order valence-corrected chi connectivity index (χ1v) is 6.75. The van der Waals surface area contributed by atoms with Crippen molar-refractivity contribution in [1.82, 2.24) is 9.13 Å². The summed E-state index contributed by atoms with van der Waals surface area (Å²) in [6, 6.07) is 3.84. The highest BCUT2D eigenvalue weighted by Gasteiger charge is 2.10. The Morgan fingerprint density at radius 1 is 1.37 bits per heavy atom. The van der Waals surface area contributed by atoms with E-state index in [2.05, 4.69) is 0 Å². The maximum absolute atomic E-state index is 13.2. The first kappa shape index (κ1) is 14.3. The average Bonchev–Trinajstić information content (AvgIpc) is 2.36. The Kier molecular flexibility index (Phi) is 4.10. The van der Waals surface area contributed by atoms with Gasteiger partial charge in [0.15, 0.2) is 0 Å². The molecule has 0 unspecified atom stereocenters. The predicted octanol–water partition coefficient (Wildman–Crippen LogP) is 1.99. The van der Waals surface area contributed by atoms with Crippen LogP contribution in [0.5, 0.6) is 0 Å². The van der Waals surface area contributed by atoms with Gasteiger partial charge < -0.3 is 4.57 Å². The summed E-state index contributed by atoms with van der Waals surface area (Å²) in [5.41, 5.74) is -0.488. The van der Waals surface area contributed by atoms with Gasteiger partial charge in [-0.05, 0) is 46.4 Å². The molecule has 0 aliphatic carbocycles. The molecule has 2 rings (SSSR count). The molecule has 0 spiro atoms. The standard InChI is InChI=1S/C12H9ClFIN2O2/c1-16-6-10(15)11(18)17(12(16)19)5-7-4-8(14)2-3-9(7)13/h2-4,6H,5H2,1H3. The number of nitrogens with zero attached hydrogens (tertiary/aromatic N) is 2. The molecule has 1 aromatic carbocycles. The van der Waals surface area contributed by atoms with E-state index >= 15 is 0 Å². The van der Waals surface area contributed by atoms with Gasteiger partial charge in [-0.2, -0.15) is 0 Å². The number of aromatic nitrogens is 2. The van der Waals surface area contributed by atoms with Crippen molar-refractivity contribution < 1.29 is 4.39 Å². The van der Waals surface area contributed by atoms with Crippen molar-refractivity contribution in [2.75, 3.05) is 0 Å². The van der Waals surface area contributed by atoms with Crippen LogP contribution in [-0.2, 0) is 13.6 Å². The van der Waals surface area contributed by atoms with E-state index in [1.807, 2.05) is 22.6 Å². The topological polar surface area (TPSA) is 44.0 Å². The summed E-state index contributed by atoms with van der Waals surface area (Å²) in [5.74, 6) is -0.463. The van der Waals surface area contributed by atoms with Crippen LogP contribution >= 0.6 is 34.2 Å². The normalized spacial score (nSPS) is 10.7. The Morgan fingerprint density at radius 2 is 2.05 bits per heavy atom. The molecule has 0 N–H and O–H groups in total. The van der Waals surface area contributed by atoms with Crippen molar-refractivity contribution in [2.24, 2.45) is 7.05 Å². The summed E-state index contributed by atoms with van der Waals surface area (Å²) in [6.07, 6.45) is 1.45. The molecule has 19 heavy (non-hydrogen) atoms. The van der Waals surface area contributed by atoms with E-state index in [9.17, 15) is 14.0 Å². The van der Waals surface area contributed by atoms with Crippen LogP contribution in [0.2, 0.25) is 5.02 Å². The second-order valence-corrected chi connectivity index (χ2v) is 5.57. The van der Waals surface area contributed by atoms with Crippen LogP contribution in [0.4, 0.5) is 4.39 Å². The van der Waals surface area contributed by atoms with E-state index in [4.69, 9.17) is 11.6 Å². The van der Waals surface area contributed by atoms with Gasteiger partial charge in [0.2, 0.25) is 0 Å². The van der Waals surface area contributed by atoms with Gasteiger partial charge in [0, 0.05) is 18.3 Å². The van der Waals surface area contributed by atoms with Crippen molar-refractivity contribution in [3.05, 3.63) is 65.2 Å². The van der Waals surface area contributed by atoms with Crippen molar-refractivity contribution in [2.45, 2.75) is 6.54 Å². The Labute approximate surface area is 126 Å². The Morgan fingerprint density at radius 3 is 2.74 bits per heavy atom. The summed E-state index contributed by atoms with van der Waals surface area (Å²) in [4.78, 5) is 23.9. The number of benzene rings is 1. The fourth-order valence-corrected chi connectivity index (χ4v) is 2.55. The van der Waals surface area contributed by atoms with Crippen molar-refractivity contribution in [1.29, 1.82) is 0 Å². The quantitative estimate of drug-likeness (QED) is 0.731. The number of aryl methyl sites for hydroxylation is 1. The largest absolute Gasteiger partial charge is 0.331 e. The lowest BCUT2D eigenvalue weighted by Gasteiger charge is -2.09. The first-order valence-electron chi connectivity index (χ1n) is 5.30. The molecular formula is C12H9ClFIN2O2. The highest BCUT2D eigenvalue weighted by atomic mass is 127. The van der Waals surface area contributed by atoms with Gasteiger partial charge in [-0.1, -0.05) is 11.6 Å². The van der Waals surface area contributed by atoms with Crippen LogP contribution in [0.3, 0.4) is 0 Å². The molecule has 0 saturated carbocycles. The van der Waals surface area contributed by atoms with Crippen LogP contribution in [0.15, 0.2) is 34.0 Å². The zero-order valence-electron chi connectivity index (χ0n) is 9.86. The molecule has 0 aliphatic heterocycles. The molecular weight excluding hydrogens is 385 g/mol. The van der Waals surface area contributed by atoms with E-state index in [0.717, 1.165) is 4.57 Å². The molecule has 1 aromatic heterocycles. The van der Waals surface area contributed by atoms with Crippen LogP contribution in [0, 0.1) is 9.39 Å². The number of halogens is 3. The molecule has 7 heteroatoms. The zero-order chi connectivity index (χ0) is 14.2. The lowest BCUT2D eigenvalue weighted by atomic mass is 10.2. The van der Waals surface area contributed by atoms with E-state index in [-0.39, 0.29) is 6.54 Å². The second-order valence-electron chi connectivity index (χ2n) is 4.00. The summed E-state index contributed by atoms with van der Waals surface area (Å²) >= 11 is 7.79. The van der Waals surface area contributed by atoms with Crippen molar-refractivity contribution >= 4 is 34.2 Å². The highest BCUT2D eigenvalue weighted by molar-refractivity contribution is 14.1. The summed E-state index contributed by atoms with van der Waals surface area (Å²) in [6.45, 7) is -0.0566. The highest BCUT2D eigenvalue weighted by Crippen LogP contribution is 2.17. The summed E-state index contributed by atoms with van der Waals surface area (Å²) < 4.78 is 15.9. The van der Waals surface area contributed by atoms with Crippen LogP contribution in [-0.4, -0.2) is 9.13 Å². The zero-order valence-corrected chi connectivity index (χ0v) is 12.8. The Hall–Kier alpha value is -1.15. The molecule has 100 valence electrons. The van der Waals surface area contributed by atoms with Gasteiger partial charge in [0.1, 0.15) is 5.82 Å². The van der Waals surface area contributed by atoms with Gasteiger partial charge in [-0.3, -0.25) is 9.36 Å². The number of hydrogen-bond acceptors (Lipinski definition) is 2. The minimum absolute atomic E-state index is 0.0566. The van der Waals surface area contributed by atoms with Gasteiger partial charge in [0.05, 0.1) is 10.1 Å². The molecule has 1 heterocycles. The maximum atomic E-state index is 13.2. The Bertz CT molecular complexity index is 720. The molecule has 2 aromatic rings. The van der Waals surface area contributed by atoms with Gasteiger partial charge in [-0.15, -0.1) is 0 Å². The molecule has 0 radical (unpaired) electrons. The molecule has 4 nitrogen and oxygen atoms in total. The van der Waals surface area contributed by atoms with Crippen molar-refractivity contribution in [3.63, 3.8) is 0 Å². The number of hydrogen-bond donors (Lipinski definition) is 0. The van der Waals surface area contributed by atoms with Crippen LogP contribution in [0.25, 0.3) is 0 Å². The third kappa shape index (κ3) is 2.89. The van der Waals surface area contributed by atoms with Gasteiger partial charge in [0.25, 0.3) is 5.56 Å². The average molecular weight is 395 g/mol. The lowest BCUT2D eigenvalue weighted by Crippen LogP contribution is -2.40. The Balaban J connectivity index is 2.59. The van der Waals surface area contributed by atoms with E-state index < -0.39 is 17.1 Å². The van der Waals surface area contributed by atoms with E-state index in [1.165, 1.54) is 29.0 Å². The minimum Gasteiger partial charge on any atom is -0.302 e. The van der Waals surface area contributed by atoms with E-state index in [1.54, 1.807) is 7.05 Å². The molecule has 0 saturated heterocycles. The fourth-order valence-electron chi connectivity index (χ4n) is 1.66. The predicted molar refractivity (Wildman–Crippen MR) is 79.2 cm³/mol. The first-order chi connectivity index (χ1) is 8.90. The van der Waals surface area contributed by atoms with Crippen LogP contribution < -0.4 is 11.2 Å². The third-order valence-corrected chi connectivity index (χ3v) is 3.73. The molecule has 0 atom stereocenters. The lowest BCUT2D eigenvalue weighted by molar-refractivity contribution is 0.611. The molecule has 0 bridgehead atoms. The summed E-state index contributed by atoms with van der Waals surface area (Å²) in [7, 11) is 1.55.